The molecule has 3 heterocycles. The van der Waals surface area contributed by atoms with Gasteiger partial charge in [0.25, 0.3) is 5.91 Å². The molecule has 2 aromatic heterocycles. The Morgan fingerprint density at radius 1 is 1.18 bits per heavy atom. The van der Waals surface area contributed by atoms with Crippen molar-refractivity contribution in [3.8, 4) is 11.5 Å². The van der Waals surface area contributed by atoms with Gasteiger partial charge in [-0.25, -0.2) is 4.52 Å². The van der Waals surface area contributed by atoms with Crippen molar-refractivity contribution in [3.05, 3.63) is 59.9 Å². The van der Waals surface area contributed by atoms with Gasteiger partial charge in [-0.15, -0.1) is 0 Å². The predicted molar refractivity (Wildman–Crippen MR) is 78.9 cm³/mol. The Hall–Kier alpha value is -3.02. The molecule has 0 bridgehead atoms. The van der Waals surface area contributed by atoms with Crippen molar-refractivity contribution in [3.63, 3.8) is 0 Å². The molecule has 0 saturated heterocycles. The lowest BCUT2D eigenvalue weighted by Crippen LogP contribution is -2.23. The zero-order valence-corrected chi connectivity index (χ0v) is 11.7. The third-order valence-electron chi connectivity index (χ3n) is 3.49. The van der Waals surface area contributed by atoms with Crippen LogP contribution in [0, 0.1) is 0 Å². The maximum absolute atomic E-state index is 12.2. The molecule has 6 nitrogen and oxygen atoms in total. The summed E-state index contributed by atoms with van der Waals surface area (Å²) in [5.41, 5.74) is 2.23. The van der Waals surface area contributed by atoms with Crippen LogP contribution in [-0.2, 0) is 6.54 Å². The number of pyridine rings is 1. The molecule has 1 aromatic carbocycles. The number of carbonyl (C=O) groups is 1. The highest BCUT2D eigenvalue weighted by atomic mass is 16.7. The lowest BCUT2D eigenvalue weighted by Gasteiger charge is -2.04. The monoisotopic (exact) mass is 295 g/mol. The maximum atomic E-state index is 12.2. The molecule has 4 rings (SSSR count). The van der Waals surface area contributed by atoms with Gasteiger partial charge in [-0.3, -0.25) is 4.79 Å². The molecule has 110 valence electrons. The van der Waals surface area contributed by atoms with Crippen molar-refractivity contribution in [2.75, 3.05) is 6.79 Å². The summed E-state index contributed by atoms with van der Waals surface area (Å²) < 4.78 is 12.3. The Balaban J connectivity index is 1.48. The number of ether oxygens (including phenoxy) is 2. The molecule has 0 fully saturated rings. The minimum Gasteiger partial charge on any atom is -0.454 e. The van der Waals surface area contributed by atoms with Crippen molar-refractivity contribution in [1.82, 2.24) is 14.9 Å². The molecular formula is C16H13N3O3. The molecule has 0 radical (unpaired) electrons. The molecule has 1 aliphatic rings. The maximum Gasteiger partial charge on any atom is 0.272 e. The molecule has 0 aliphatic carbocycles. The van der Waals surface area contributed by atoms with Crippen LogP contribution in [0.3, 0.4) is 0 Å². The molecule has 22 heavy (non-hydrogen) atoms. The smallest absolute Gasteiger partial charge is 0.272 e. The zero-order valence-electron chi connectivity index (χ0n) is 11.7. The summed E-state index contributed by atoms with van der Waals surface area (Å²) in [6, 6.07) is 13.1. The van der Waals surface area contributed by atoms with E-state index in [1.807, 2.05) is 42.6 Å². The summed E-state index contributed by atoms with van der Waals surface area (Å²) in [6.07, 6.45) is 1.81. The first-order valence-electron chi connectivity index (χ1n) is 6.91. The van der Waals surface area contributed by atoms with E-state index >= 15 is 0 Å². The van der Waals surface area contributed by atoms with Gasteiger partial charge >= 0.3 is 0 Å². The molecule has 0 spiro atoms. The van der Waals surface area contributed by atoms with Gasteiger partial charge < -0.3 is 14.8 Å². The molecule has 1 N–H and O–H groups in total. The molecule has 0 unspecified atom stereocenters. The Morgan fingerprint density at radius 2 is 2.09 bits per heavy atom. The minimum absolute atomic E-state index is 0.207. The van der Waals surface area contributed by atoms with Crippen LogP contribution in [0.2, 0.25) is 0 Å². The highest BCUT2D eigenvalue weighted by Gasteiger charge is 2.14. The third-order valence-corrected chi connectivity index (χ3v) is 3.49. The van der Waals surface area contributed by atoms with E-state index < -0.39 is 0 Å². The summed E-state index contributed by atoms with van der Waals surface area (Å²) in [5, 5.41) is 7.10. The summed E-state index contributed by atoms with van der Waals surface area (Å²) in [4.78, 5) is 12.2. The Morgan fingerprint density at radius 3 is 3.00 bits per heavy atom. The number of hydrogen-bond donors (Lipinski definition) is 1. The van der Waals surface area contributed by atoms with Crippen LogP contribution < -0.4 is 14.8 Å². The highest BCUT2D eigenvalue weighted by molar-refractivity contribution is 5.93. The van der Waals surface area contributed by atoms with Gasteiger partial charge in [-0.2, -0.15) is 5.10 Å². The van der Waals surface area contributed by atoms with Crippen molar-refractivity contribution in [2.24, 2.45) is 0 Å². The topological polar surface area (TPSA) is 64.9 Å². The SMILES string of the molecule is O=C(NCc1ccc2c(c1)OCO2)c1cc2ccccn2n1. The molecule has 0 atom stereocenters. The van der Waals surface area contributed by atoms with E-state index in [2.05, 4.69) is 10.4 Å². The van der Waals surface area contributed by atoms with Crippen molar-refractivity contribution in [2.45, 2.75) is 6.54 Å². The van der Waals surface area contributed by atoms with Crippen molar-refractivity contribution in [1.29, 1.82) is 0 Å². The molecule has 6 heteroatoms. The quantitative estimate of drug-likeness (QED) is 0.802. The van der Waals surface area contributed by atoms with Crippen LogP contribution in [0.25, 0.3) is 5.52 Å². The minimum atomic E-state index is -0.207. The van der Waals surface area contributed by atoms with E-state index in [-0.39, 0.29) is 12.7 Å². The molecule has 1 amide bonds. The van der Waals surface area contributed by atoms with Gasteiger partial charge in [0, 0.05) is 12.7 Å². The summed E-state index contributed by atoms with van der Waals surface area (Å²) in [5.74, 6) is 1.23. The van der Waals surface area contributed by atoms with Crippen LogP contribution in [-0.4, -0.2) is 22.3 Å². The third kappa shape index (κ3) is 2.24. The summed E-state index contributed by atoms with van der Waals surface area (Å²) in [7, 11) is 0. The van der Waals surface area contributed by atoms with E-state index in [0.29, 0.717) is 18.0 Å². The van der Waals surface area contributed by atoms with Gasteiger partial charge in [0.15, 0.2) is 17.2 Å². The Labute approximate surface area is 126 Å². The van der Waals surface area contributed by atoms with Crippen molar-refractivity contribution < 1.29 is 14.3 Å². The zero-order chi connectivity index (χ0) is 14.9. The van der Waals surface area contributed by atoms with E-state index in [1.54, 1.807) is 10.6 Å². The fraction of sp³-hybridized carbons (Fsp3) is 0.125. The molecule has 3 aromatic rings. The number of aromatic nitrogens is 2. The van der Waals surface area contributed by atoms with E-state index in [4.69, 9.17) is 9.47 Å². The van der Waals surface area contributed by atoms with Crippen molar-refractivity contribution >= 4 is 11.4 Å². The van der Waals surface area contributed by atoms with Gasteiger partial charge in [0.1, 0.15) is 0 Å². The average Bonchev–Trinajstić information content (AvgIpc) is 3.18. The van der Waals surface area contributed by atoms with E-state index in [9.17, 15) is 4.79 Å². The van der Waals surface area contributed by atoms with Gasteiger partial charge in [0.05, 0.1) is 5.52 Å². The second kappa shape index (κ2) is 5.07. The Kier molecular flexibility index (Phi) is 2.93. The lowest BCUT2D eigenvalue weighted by molar-refractivity contribution is 0.0945. The van der Waals surface area contributed by atoms with Gasteiger partial charge in [-0.05, 0) is 35.9 Å². The van der Waals surface area contributed by atoms with E-state index in [0.717, 1.165) is 16.8 Å². The van der Waals surface area contributed by atoms with Crippen LogP contribution in [0.1, 0.15) is 16.1 Å². The van der Waals surface area contributed by atoms with Crippen LogP contribution >= 0.6 is 0 Å². The largest absolute Gasteiger partial charge is 0.454 e. The number of fused-ring (bicyclic) bond motifs is 2. The van der Waals surface area contributed by atoms with E-state index in [1.165, 1.54) is 0 Å². The molecule has 0 saturated carbocycles. The number of benzene rings is 1. The summed E-state index contributed by atoms with van der Waals surface area (Å²) in [6.45, 7) is 0.649. The van der Waals surface area contributed by atoms with Crippen LogP contribution in [0.15, 0.2) is 48.7 Å². The normalized spacial score (nSPS) is 12.5. The number of amides is 1. The number of nitrogens with one attached hydrogen (secondary N) is 1. The standard InChI is InChI=1S/C16H13N3O3/c20-16(13-8-12-3-1-2-6-19(12)18-13)17-9-11-4-5-14-15(7-11)22-10-21-14/h1-8H,9-10H2,(H,17,20). The summed E-state index contributed by atoms with van der Waals surface area (Å²) >= 11 is 0. The fourth-order valence-corrected chi connectivity index (χ4v) is 2.37. The highest BCUT2D eigenvalue weighted by Crippen LogP contribution is 2.32. The number of carbonyl (C=O) groups excluding carboxylic acids is 1. The Bertz CT molecular complexity index is 824. The fourth-order valence-electron chi connectivity index (χ4n) is 2.37. The average molecular weight is 295 g/mol. The van der Waals surface area contributed by atoms with Gasteiger partial charge in [-0.1, -0.05) is 12.1 Å². The molecule has 1 aliphatic heterocycles. The van der Waals surface area contributed by atoms with Gasteiger partial charge in [0.2, 0.25) is 6.79 Å². The van der Waals surface area contributed by atoms with Crippen LogP contribution in [0.4, 0.5) is 0 Å². The first-order chi connectivity index (χ1) is 10.8. The number of hydrogen-bond acceptors (Lipinski definition) is 4. The first-order valence-corrected chi connectivity index (χ1v) is 6.91. The first kappa shape index (κ1) is 12.7. The molecular weight excluding hydrogens is 282 g/mol. The second-order valence-electron chi connectivity index (χ2n) is 4.97. The van der Waals surface area contributed by atoms with Crippen LogP contribution in [0.5, 0.6) is 11.5 Å². The number of nitrogens with zero attached hydrogens (tertiary/aromatic N) is 2. The number of rotatable bonds is 3. The second-order valence-corrected chi connectivity index (χ2v) is 4.97. The lowest BCUT2D eigenvalue weighted by atomic mass is 10.2. The predicted octanol–water partition coefficient (Wildman–Crippen LogP) is 1.99.